The zero-order chi connectivity index (χ0) is 9.80. The minimum atomic E-state index is 0.129. The van der Waals surface area contributed by atoms with Crippen molar-refractivity contribution < 1.29 is 9.47 Å². The molecule has 0 radical (unpaired) electrons. The molecule has 0 saturated heterocycles. The largest absolute Gasteiger partial charge is 0.486 e. The molecular weight excluding hydrogens is 178 g/mol. The summed E-state index contributed by atoms with van der Waals surface area (Å²) in [6.45, 7) is 4.51. The molecule has 3 heteroatoms. The van der Waals surface area contributed by atoms with E-state index in [1.807, 2.05) is 24.3 Å². The van der Waals surface area contributed by atoms with Crippen LogP contribution in [0, 0.1) is 0 Å². The predicted molar refractivity (Wildman–Crippen MR) is 54.9 cm³/mol. The maximum atomic E-state index is 5.75. The van der Waals surface area contributed by atoms with E-state index in [0.29, 0.717) is 6.61 Å². The summed E-state index contributed by atoms with van der Waals surface area (Å²) in [5.41, 5.74) is 0. The Morgan fingerprint density at radius 3 is 2.93 bits per heavy atom. The molecule has 1 heterocycles. The standard InChI is InChI=1S/C11H15NO2/c1-2-12-7-9-8-13-10-5-3-4-6-11(10)14-9/h3-6,9,12H,2,7-8H2,1H3/t9-/m0/s1. The molecule has 1 atom stereocenters. The van der Waals surface area contributed by atoms with E-state index >= 15 is 0 Å². The summed E-state index contributed by atoms with van der Waals surface area (Å²) in [6.07, 6.45) is 0.129. The number of para-hydroxylation sites is 2. The molecule has 0 aromatic heterocycles. The third kappa shape index (κ3) is 1.99. The fourth-order valence-corrected chi connectivity index (χ4v) is 1.47. The van der Waals surface area contributed by atoms with Crippen molar-refractivity contribution >= 4 is 0 Å². The fraction of sp³-hybridized carbons (Fsp3) is 0.455. The molecule has 2 rings (SSSR count). The molecule has 0 spiro atoms. The van der Waals surface area contributed by atoms with Crippen LogP contribution in [0.4, 0.5) is 0 Å². The van der Waals surface area contributed by atoms with Crippen molar-refractivity contribution in [2.24, 2.45) is 0 Å². The molecule has 1 aliphatic rings. The minimum absolute atomic E-state index is 0.129. The number of nitrogens with one attached hydrogen (secondary N) is 1. The van der Waals surface area contributed by atoms with Gasteiger partial charge in [0.1, 0.15) is 12.7 Å². The zero-order valence-electron chi connectivity index (χ0n) is 8.32. The van der Waals surface area contributed by atoms with Gasteiger partial charge in [0.05, 0.1) is 0 Å². The van der Waals surface area contributed by atoms with Gasteiger partial charge in [-0.2, -0.15) is 0 Å². The van der Waals surface area contributed by atoms with E-state index in [-0.39, 0.29) is 6.10 Å². The maximum Gasteiger partial charge on any atom is 0.161 e. The number of likely N-dealkylation sites (N-methyl/N-ethyl adjacent to an activating group) is 1. The number of rotatable bonds is 3. The SMILES string of the molecule is CCNC[C@H]1COc2ccccc2O1. The highest BCUT2D eigenvalue weighted by Gasteiger charge is 2.19. The first-order chi connectivity index (χ1) is 6.90. The van der Waals surface area contributed by atoms with Crippen LogP contribution in [-0.2, 0) is 0 Å². The quantitative estimate of drug-likeness (QED) is 0.787. The number of benzene rings is 1. The van der Waals surface area contributed by atoms with Crippen molar-refractivity contribution in [2.75, 3.05) is 19.7 Å². The Balaban J connectivity index is 1.99. The van der Waals surface area contributed by atoms with Crippen LogP contribution in [0.15, 0.2) is 24.3 Å². The van der Waals surface area contributed by atoms with Crippen molar-refractivity contribution in [3.63, 3.8) is 0 Å². The Kier molecular flexibility index (Phi) is 2.89. The van der Waals surface area contributed by atoms with E-state index in [9.17, 15) is 0 Å². The lowest BCUT2D eigenvalue weighted by Gasteiger charge is -2.26. The third-order valence-corrected chi connectivity index (χ3v) is 2.19. The molecule has 1 aromatic rings. The third-order valence-electron chi connectivity index (χ3n) is 2.19. The second-order valence-electron chi connectivity index (χ2n) is 3.31. The normalized spacial score (nSPS) is 19.4. The van der Waals surface area contributed by atoms with Gasteiger partial charge in [0.25, 0.3) is 0 Å². The van der Waals surface area contributed by atoms with Crippen LogP contribution < -0.4 is 14.8 Å². The van der Waals surface area contributed by atoms with Crippen LogP contribution in [-0.4, -0.2) is 25.8 Å². The monoisotopic (exact) mass is 193 g/mol. The van der Waals surface area contributed by atoms with Crippen LogP contribution in [0.2, 0.25) is 0 Å². The highest BCUT2D eigenvalue weighted by Crippen LogP contribution is 2.30. The van der Waals surface area contributed by atoms with Gasteiger partial charge >= 0.3 is 0 Å². The van der Waals surface area contributed by atoms with Gasteiger partial charge in [-0.25, -0.2) is 0 Å². The molecule has 0 aliphatic carbocycles. The molecule has 1 aromatic carbocycles. The van der Waals surface area contributed by atoms with Gasteiger partial charge in [-0.15, -0.1) is 0 Å². The Bertz CT molecular complexity index is 301. The number of fused-ring (bicyclic) bond motifs is 1. The number of hydrogen-bond donors (Lipinski definition) is 1. The van der Waals surface area contributed by atoms with Crippen molar-refractivity contribution in [2.45, 2.75) is 13.0 Å². The molecule has 3 nitrogen and oxygen atoms in total. The highest BCUT2D eigenvalue weighted by atomic mass is 16.6. The Labute approximate surface area is 84.0 Å². The Hall–Kier alpha value is -1.22. The van der Waals surface area contributed by atoms with Gasteiger partial charge in [-0.1, -0.05) is 19.1 Å². The van der Waals surface area contributed by atoms with Gasteiger partial charge in [-0.3, -0.25) is 0 Å². The van der Waals surface area contributed by atoms with Gasteiger partial charge in [0.2, 0.25) is 0 Å². The zero-order valence-corrected chi connectivity index (χ0v) is 8.32. The molecule has 0 fully saturated rings. The lowest BCUT2D eigenvalue weighted by atomic mass is 10.2. The van der Waals surface area contributed by atoms with Gasteiger partial charge < -0.3 is 14.8 Å². The molecule has 0 amide bonds. The van der Waals surface area contributed by atoms with Crippen molar-refractivity contribution in [1.29, 1.82) is 0 Å². The molecule has 14 heavy (non-hydrogen) atoms. The predicted octanol–water partition coefficient (Wildman–Crippen LogP) is 1.44. The molecule has 0 bridgehead atoms. The van der Waals surface area contributed by atoms with E-state index in [0.717, 1.165) is 24.6 Å². The van der Waals surface area contributed by atoms with Crippen molar-refractivity contribution in [1.82, 2.24) is 5.32 Å². The van der Waals surface area contributed by atoms with Crippen LogP contribution >= 0.6 is 0 Å². The summed E-state index contributed by atoms with van der Waals surface area (Å²) in [5, 5.41) is 3.24. The summed E-state index contributed by atoms with van der Waals surface area (Å²) in [4.78, 5) is 0. The van der Waals surface area contributed by atoms with Crippen molar-refractivity contribution in [3.05, 3.63) is 24.3 Å². The first kappa shape index (κ1) is 9.34. The first-order valence-electron chi connectivity index (χ1n) is 4.99. The summed E-state index contributed by atoms with van der Waals surface area (Å²) in [7, 11) is 0. The molecule has 0 unspecified atom stereocenters. The topological polar surface area (TPSA) is 30.5 Å². The minimum Gasteiger partial charge on any atom is -0.486 e. The second kappa shape index (κ2) is 4.33. The number of ether oxygens (including phenoxy) is 2. The lowest BCUT2D eigenvalue weighted by Crippen LogP contribution is -2.38. The van der Waals surface area contributed by atoms with E-state index < -0.39 is 0 Å². The summed E-state index contributed by atoms with van der Waals surface area (Å²) in [6, 6.07) is 7.77. The average molecular weight is 193 g/mol. The molecule has 0 saturated carbocycles. The first-order valence-corrected chi connectivity index (χ1v) is 4.99. The summed E-state index contributed by atoms with van der Waals surface area (Å²) < 4.78 is 11.3. The van der Waals surface area contributed by atoms with E-state index in [2.05, 4.69) is 12.2 Å². The average Bonchev–Trinajstić information content (AvgIpc) is 2.26. The maximum absolute atomic E-state index is 5.75. The molecule has 1 aliphatic heterocycles. The Morgan fingerprint density at radius 1 is 1.36 bits per heavy atom. The van der Waals surface area contributed by atoms with E-state index in [1.54, 1.807) is 0 Å². The smallest absolute Gasteiger partial charge is 0.161 e. The summed E-state index contributed by atoms with van der Waals surface area (Å²) >= 11 is 0. The lowest BCUT2D eigenvalue weighted by molar-refractivity contribution is 0.0909. The van der Waals surface area contributed by atoms with E-state index in [4.69, 9.17) is 9.47 Å². The summed E-state index contributed by atoms with van der Waals surface area (Å²) in [5.74, 6) is 1.70. The van der Waals surface area contributed by atoms with Crippen LogP contribution in [0.5, 0.6) is 11.5 Å². The molecular formula is C11H15NO2. The Morgan fingerprint density at radius 2 is 2.14 bits per heavy atom. The fourth-order valence-electron chi connectivity index (χ4n) is 1.47. The van der Waals surface area contributed by atoms with Gasteiger partial charge in [0.15, 0.2) is 11.5 Å². The van der Waals surface area contributed by atoms with Gasteiger partial charge in [-0.05, 0) is 18.7 Å². The van der Waals surface area contributed by atoms with Crippen LogP contribution in [0.1, 0.15) is 6.92 Å². The second-order valence-corrected chi connectivity index (χ2v) is 3.31. The van der Waals surface area contributed by atoms with Crippen molar-refractivity contribution in [3.8, 4) is 11.5 Å². The van der Waals surface area contributed by atoms with Crippen LogP contribution in [0.3, 0.4) is 0 Å². The molecule has 76 valence electrons. The van der Waals surface area contributed by atoms with E-state index in [1.165, 1.54) is 0 Å². The number of hydrogen-bond acceptors (Lipinski definition) is 3. The highest BCUT2D eigenvalue weighted by molar-refractivity contribution is 5.40. The van der Waals surface area contributed by atoms with Crippen LogP contribution in [0.25, 0.3) is 0 Å². The van der Waals surface area contributed by atoms with Gasteiger partial charge in [0, 0.05) is 6.54 Å². The molecule has 1 N–H and O–H groups in total.